The van der Waals surface area contributed by atoms with Crippen molar-refractivity contribution in [3.63, 3.8) is 0 Å². The second-order valence-corrected chi connectivity index (χ2v) is 8.00. The van der Waals surface area contributed by atoms with E-state index in [2.05, 4.69) is 10.5 Å². The molecule has 1 aromatic heterocycles. The lowest BCUT2D eigenvalue weighted by Gasteiger charge is -2.31. The summed E-state index contributed by atoms with van der Waals surface area (Å²) >= 11 is 0. The molecule has 2 aromatic carbocycles. The zero-order valence-corrected chi connectivity index (χ0v) is 18.1. The van der Waals surface area contributed by atoms with Gasteiger partial charge in [-0.15, -0.1) is 0 Å². The Bertz CT molecular complexity index is 1060. The number of ether oxygens (including phenoxy) is 1. The fraction of sp³-hybridized carbons (Fsp3) is 0.320. The van der Waals surface area contributed by atoms with Gasteiger partial charge >= 0.3 is 0 Å². The lowest BCUT2D eigenvalue weighted by molar-refractivity contribution is -0.116. The minimum atomic E-state index is -0.131. The van der Waals surface area contributed by atoms with Gasteiger partial charge in [0.05, 0.1) is 7.11 Å². The van der Waals surface area contributed by atoms with Gasteiger partial charge in [-0.1, -0.05) is 41.6 Å². The predicted molar refractivity (Wildman–Crippen MR) is 121 cm³/mol. The average molecular weight is 434 g/mol. The maximum Gasteiger partial charge on any atom is 0.292 e. The van der Waals surface area contributed by atoms with Gasteiger partial charge in [0.15, 0.2) is 0 Å². The molecule has 166 valence electrons. The highest BCUT2D eigenvalue weighted by atomic mass is 16.5. The number of hydrogen-bond donors (Lipinski definition) is 1. The molecule has 0 spiro atoms. The molecule has 3 aromatic rings. The van der Waals surface area contributed by atoms with Crippen molar-refractivity contribution in [1.82, 2.24) is 10.1 Å². The molecule has 0 atom stereocenters. The SMILES string of the molecule is COc1cccc(NC(=O)CCC2CCN(C(=O)c3cc(-c4ccccc4)no3)CC2)c1. The van der Waals surface area contributed by atoms with Gasteiger partial charge in [0.25, 0.3) is 5.91 Å². The van der Waals surface area contributed by atoms with Crippen molar-refractivity contribution >= 4 is 17.5 Å². The predicted octanol–water partition coefficient (Wildman–Crippen LogP) is 4.62. The van der Waals surface area contributed by atoms with Crippen LogP contribution in [0.3, 0.4) is 0 Å². The molecular formula is C25H27N3O4. The van der Waals surface area contributed by atoms with E-state index in [1.807, 2.05) is 53.4 Å². The Balaban J connectivity index is 1.23. The van der Waals surface area contributed by atoms with E-state index >= 15 is 0 Å². The number of likely N-dealkylation sites (tertiary alicyclic amines) is 1. The Morgan fingerprint density at radius 3 is 2.62 bits per heavy atom. The number of anilines is 1. The number of methoxy groups -OCH3 is 1. The second kappa shape index (κ2) is 10.1. The molecule has 0 saturated carbocycles. The van der Waals surface area contributed by atoms with Gasteiger partial charge in [-0.3, -0.25) is 9.59 Å². The van der Waals surface area contributed by atoms with Gasteiger partial charge in [-0.25, -0.2) is 0 Å². The van der Waals surface area contributed by atoms with Crippen molar-refractivity contribution in [3.05, 3.63) is 66.4 Å². The summed E-state index contributed by atoms with van der Waals surface area (Å²) in [5, 5.41) is 6.95. The highest BCUT2D eigenvalue weighted by molar-refractivity contribution is 5.92. The first-order valence-corrected chi connectivity index (χ1v) is 10.9. The maximum absolute atomic E-state index is 12.8. The third-order valence-electron chi connectivity index (χ3n) is 5.83. The molecule has 0 aliphatic carbocycles. The number of carbonyl (C=O) groups is 2. The van der Waals surface area contributed by atoms with Crippen LogP contribution in [0.2, 0.25) is 0 Å². The van der Waals surface area contributed by atoms with Crippen LogP contribution in [0.1, 0.15) is 36.2 Å². The van der Waals surface area contributed by atoms with E-state index in [0.29, 0.717) is 36.9 Å². The second-order valence-electron chi connectivity index (χ2n) is 8.00. The van der Waals surface area contributed by atoms with Gasteiger partial charge in [-0.2, -0.15) is 0 Å². The van der Waals surface area contributed by atoms with E-state index in [1.54, 1.807) is 19.2 Å². The minimum absolute atomic E-state index is 0.00754. The van der Waals surface area contributed by atoms with Crippen molar-refractivity contribution < 1.29 is 18.8 Å². The summed E-state index contributed by atoms with van der Waals surface area (Å²) in [5.41, 5.74) is 2.31. The fourth-order valence-corrected chi connectivity index (χ4v) is 3.96. The number of nitrogens with zero attached hydrogens (tertiary/aromatic N) is 2. The van der Waals surface area contributed by atoms with E-state index < -0.39 is 0 Å². The van der Waals surface area contributed by atoms with Gasteiger partial charge in [0.1, 0.15) is 11.4 Å². The number of amides is 2. The Labute approximate surface area is 187 Å². The Hall–Kier alpha value is -3.61. The normalized spacial score (nSPS) is 14.2. The van der Waals surface area contributed by atoms with Gasteiger partial charge in [-0.05, 0) is 37.3 Å². The number of carbonyl (C=O) groups excluding carboxylic acids is 2. The molecular weight excluding hydrogens is 406 g/mol. The number of rotatable bonds is 7. The van der Waals surface area contributed by atoms with Crippen molar-refractivity contribution in [2.24, 2.45) is 5.92 Å². The smallest absolute Gasteiger partial charge is 0.292 e. The Morgan fingerprint density at radius 2 is 1.88 bits per heavy atom. The first-order chi connectivity index (χ1) is 15.6. The van der Waals surface area contributed by atoms with Crippen LogP contribution < -0.4 is 10.1 Å². The first kappa shape index (κ1) is 21.6. The molecule has 32 heavy (non-hydrogen) atoms. The highest BCUT2D eigenvalue weighted by Crippen LogP contribution is 2.25. The van der Waals surface area contributed by atoms with Crippen LogP contribution in [0, 0.1) is 5.92 Å². The van der Waals surface area contributed by atoms with E-state index in [9.17, 15) is 9.59 Å². The van der Waals surface area contributed by atoms with Crippen molar-refractivity contribution in [2.75, 3.05) is 25.5 Å². The number of hydrogen-bond acceptors (Lipinski definition) is 5. The van der Waals surface area contributed by atoms with Crippen LogP contribution >= 0.6 is 0 Å². The molecule has 2 heterocycles. The summed E-state index contributed by atoms with van der Waals surface area (Å²) in [4.78, 5) is 26.9. The number of benzene rings is 2. The summed E-state index contributed by atoms with van der Waals surface area (Å²) in [7, 11) is 1.60. The minimum Gasteiger partial charge on any atom is -0.497 e. The molecule has 4 rings (SSSR count). The van der Waals surface area contributed by atoms with Gasteiger partial charge in [0.2, 0.25) is 11.7 Å². The largest absolute Gasteiger partial charge is 0.497 e. The monoisotopic (exact) mass is 433 g/mol. The maximum atomic E-state index is 12.8. The standard InChI is InChI=1S/C25H27N3O4/c1-31-21-9-5-8-20(16-21)26-24(29)11-10-18-12-14-28(15-13-18)25(30)23-17-22(27-32-23)19-6-3-2-4-7-19/h2-9,16-18H,10-15H2,1H3,(H,26,29). The Morgan fingerprint density at radius 1 is 1.09 bits per heavy atom. The molecule has 1 aliphatic rings. The summed E-state index contributed by atoms with van der Waals surface area (Å²) < 4.78 is 10.5. The molecule has 1 N–H and O–H groups in total. The molecule has 7 heteroatoms. The molecule has 7 nitrogen and oxygen atoms in total. The summed E-state index contributed by atoms with van der Waals surface area (Å²) in [5.74, 6) is 1.26. The number of nitrogens with one attached hydrogen (secondary N) is 1. The lowest BCUT2D eigenvalue weighted by Crippen LogP contribution is -2.38. The molecule has 1 aliphatic heterocycles. The van der Waals surface area contributed by atoms with E-state index in [4.69, 9.17) is 9.26 Å². The quantitative estimate of drug-likeness (QED) is 0.588. The summed E-state index contributed by atoms with van der Waals surface area (Å²) in [6.07, 6.45) is 3.01. The van der Waals surface area contributed by atoms with Gasteiger partial charge < -0.3 is 19.5 Å². The van der Waals surface area contributed by atoms with E-state index in [-0.39, 0.29) is 17.6 Å². The van der Waals surface area contributed by atoms with Crippen LogP contribution in [0.15, 0.2) is 65.2 Å². The number of piperidine rings is 1. The van der Waals surface area contributed by atoms with E-state index in [0.717, 1.165) is 30.5 Å². The summed E-state index contributed by atoms with van der Waals surface area (Å²) in [6, 6.07) is 18.7. The Kier molecular flexibility index (Phi) is 6.84. The van der Waals surface area contributed by atoms with Crippen molar-refractivity contribution in [3.8, 4) is 17.0 Å². The van der Waals surface area contributed by atoms with Crippen molar-refractivity contribution in [2.45, 2.75) is 25.7 Å². The first-order valence-electron chi connectivity index (χ1n) is 10.9. The molecule has 0 unspecified atom stereocenters. The molecule has 1 fully saturated rings. The third kappa shape index (κ3) is 5.35. The topological polar surface area (TPSA) is 84.7 Å². The van der Waals surface area contributed by atoms with E-state index in [1.165, 1.54) is 0 Å². The molecule has 0 bridgehead atoms. The zero-order chi connectivity index (χ0) is 22.3. The highest BCUT2D eigenvalue weighted by Gasteiger charge is 2.26. The van der Waals surface area contributed by atoms with Crippen LogP contribution in [0.5, 0.6) is 5.75 Å². The van der Waals surface area contributed by atoms with Gasteiger partial charge in [0, 0.05) is 42.9 Å². The molecule has 2 amide bonds. The van der Waals surface area contributed by atoms with Crippen molar-refractivity contribution in [1.29, 1.82) is 0 Å². The lowest BCUT2D eigenvalue weighted by atomic mass is 9.92. The third-order valence-corrected chi connectivity index (χ3v) is 5.83. The van der Waals surface area contributed by atoms with Crippen LogP contribution in [0.25, 0.3) is 11.3 Å². The van der Waals surface area contributed by atoms with Crippen LogP contribution in [-0.4, -0.2) is 42.1 Å². The average Bonchev–Trinajstić information content (AvgIpc) is 3.34. The molecule has 1 saturated heterocycles. The van der Waals surface area contributed by atoms with Crippen LogP contribution in [-0.2, 0) is 4.79 Å². The molecule has 0 radical (unpaired) electrons. The fourth-order valence-electron chi connectivity index (χ4n) is 3.96. The zero-order valence-electron chi connectivity index (χ0n) is 18.1. The number of aromatic nitrogens is 1. The summed E-state index contributed by atoms with van der Waals surface area (Å²) in [6.45, 7) is 1.31. The van der Waals surface area contributed by atoms with Crippen LogP contribution in [0.4, 0.5) is 5.69 Å².